The topological polar surface area (TPSA) is 91.8 Å². The lowest BCUT2D eigenvalue weighted by molar-refractivity contribution is -0.144. The number of ether oxygens (including phenoxy) is 1. The number of carbonyl (C=O) groups is 3. The molecule has 1 unspecified atom stereocenters. The number of carbonyl (C=O) groups excluding carboxylic acids is 3. The number of aromatic nitrogens is 1. The van der Waals surface area contributed by atoms with E-state index in [0.29, 0.717) is 31.6 Å². The molecule has 178 valence electrons. The molecule has 1 aromatic heterocycles. The van der Waals surface area contributed by atoms with E-state index >= 15 is 0 Å². The lowest BCUT2D eigenvalue weighted by atomic mass is 9.96. The molecule has 3 amide bonds. The van der Waals surface area contributed by atoms with Crippen molar-refractivity contribution in [2.75, 3.05) is 19.7 Å². The van der Waals surface area contributed by atoms with E-state index in [2.05, 4.69) is 10.3 Å². The molecule has 3 aliphatic rings. The molecule has 2 saturated heterocycles. The van der Waals surface area contributed by atoms with E-state index in [1.807, 2.05) is 11.0 Å². The molecule has 1 aliphatic carbocycles. The molecule has 0 bridgehead atoms. The number of rotatable bonds is 5. The molecule has 9 heteroatoms. The number of benzene rings is 1. The van der Waals surface area contributed by atoms with Crippen molar-refractivity contribution < 1.29 is 23.5 Å². The van der Waals surface area contributed by atoms with Crippen molar-refractivity contribution in [3.63, 3.8) is 0 Å². The average molecular weight is 467 g/mol. The summed E-state index contributed by atoms with van der Waals surface area (Å²) in [5.41, 5.74) is -0.00297. The summed E-state index contributed by atoms with van der Waals surface area (Å²) in [7, 11) is 0. The summed E-state index contributed by atoms with van der Waals surface area (Å²) >= 11 is 0. The van der Waals surface area contributed by atoms with Gasteiger partial charge >= 0.3 is 0 Å². The Morgan fingerprint density at radius 3 is 2.47 bits per heavy atom. The van der Waals surface area contributed by atoms with Crippen LogP contribution >= 0.6 is 0 Å². The molecule has 3 fully saturated rings. The minimum absolute atomic E-state index is 0.0531. The van der Waals surface area contributed by atoms with Crippen LogP contribution in [0.25, 0.3) is 0 Å². The molecular weight excluding hydrogens is 439 g/mol. The van der Waals surface area contributed by atoms with Gasteiger partial charge in [0.15, 0.2) is 0 Å². The summed E-state index contributed by atoms with van der Waals surface area (Å²) in [4.78, 5) is 46.9. The first-order chi connectivity index (χ1) is 16.5. The highest BCUT2D eigenvalue weighted by Crippen LogP contribution is 2.40. The minimum Gasteiger partial charge on any atom is -0.353 e. The number of halogens is 1. The van der Waals surface area contributed by atoms with Crippen LogP contribution in [0.2, 0.25) is 0 Å². The van der Waals surface area contributed by atoms with Gasteiger partial charge in [0.2, 0.25) is 11.8 Å². The molecule has 1 saturated carbocycles. The molecular formula is C25H27FN4O4. The maximum Gasteiger partial charge on any atom is 0.256 e. The summed E-state index contributed by atoms with van der Waals surface area (Å²) in [5.74, 6) is -0.887. The van der Waals surface area contributed by atoms with E-state index < -0.39 is 23.5 Å². The van der Waals surface area contributed by atoms with Crippen LogP contribution in [0.3, 0.4) is 0 Å². The minimum atomic E-state index is -0.987. The Morgan fingerprint density at radius 1 is 1.09 bits per heavy atom. The number of pyridine rings is 1. The highest BCUT2D eigenvalue weighted by atomic mass is 19.1. The maximum absolute atomic E-state index is 13.6. The third-order valence-corrected chi connectivity index (χ3v) is 6.83. The number of hydrogen-bond donors (Lipinski definition) is 1. The lowest BCUT2D eigenvalue weighted by Crippen LogP contribution is -2.59. The molecule has 1 N–H and O–H groups in total. The van der Waals surface area contributed by atoms with Crippen molar-refractivity contribution >= 4 is 17.7 Å². The van der Waals surface area contributed by atoms with Gasteiger partial charge in [0.25, 0.3) is 5.91 Å². The Hall–Kier alpha value is -3.33. The van der Waals surface area contributed by atoms with E-state index in [0.717, 1.165) is 12.8 Å². The van der Waals surface area contributed by atoms with Crippen molar-refractivity contribution in [2.45, 2.75) is 44.0 Å². The second-order valence-electron chi connectivity index (χ2n) is 9.09. The van der Waals surface area contributed by atoms with Gasteiger partial charge in [-0.3, -0.25) is 24.3 Å². The predicted octanol–water partition coefficient (Wildman–Crippen LogP) is 2.11. The zero-order chi connectivity index (χ0) is 23.7. The smallest absolute Gasteiger partial charge is 0.256 e. The first-order valence-electron chi connectivity index (χ1n) is 11.7. The van der Waals surface area contributed by atoms with Crippen molar-refractivity contribution in [3.05, 3.63) is 65.7 Å². The predicted molar refractivity (Wildman–Crippen MR) is 120 cm³/mol. The number of nitrogens with one attached hydrogen (secondary N) is 1. The van der Waals surface area contributed by atoms with Crippen LogP contribution in [-0.2, 0) is 20.9 Å². The Labute approximate surface area is 197 Å². The first-order valence-corrected chi connectivity index (χ1v) is 11.7. The molecule has 0 radical (unpaired) electrons. The summed E-state index contributed by atoms with van der Waals surface area (Å²) in [6, 6.07) is 9.88. The van der Waals surface area contributed by atoms with E-state index in [1.54, 1.807) is 18.3 Å². The highest BCUT2D eigenvalue weighted by Gasteiger charge is 2.54. The van der Waals surface area contributed by atoms with Gasteiger partial charge in [-0.25, -0.2) is 4.39 Å². The molecule has 3 heterocycles. The van der Waals surface area contributed by atoms with Crippen LogP contribution in [-0.4, -0.2) is 64.0 Å². The van der Waals surface area contributed by atoms with Crippen LogP contribution < -0.4 is 5.32 Å². The monoisotopic (exact) mass is 466 g/mol. The quantitative estimate of drug-likeness (QED) is 0.729. The fraction of sp³-hybridized carbons (Fsp3) is 0.440. The van der Waals surface area contributed by atoms with Crippen LogP contribution in [0, 0.1) is 11.7 Å². The van der Waals surface area contributed by atoms with Crippen LogP contribution in [0.15, 0.2) is 48.7 Å². The van der Waals surface area contributed by atoms with Gasteiger partial charge < -0.3 is 15.0 Å². The number of piperidine rings is 1. The van der Waals surface area contributed by atoms with Gasteiger partial charge in [-0.1, -0.05) is 6.07 Å². The van der Waals surface area contributed by atoms with Crippen LogP contribution in [0.4, 0.5) is 4.39 Å². The molecule has 1 aromatic carbocycles. The number of nitrogens with zero attached hydrogens (tertiary/aromatic N) is 3. The largest absolute Gasteiger partial charge is 0.353 e. The molecule has 5 rings (SSSR count). The second-order valence-corrected chi connectivity index (χ2v) is 9.09. The van der Waals surface area contributed by atoms with Crippen molar-refractivity contribution in [1.82, 2.24) is 20.1 Å². The highest BCUT2D eigenvalue weighted by molar-refractivity contribution is 5.98. The van der Waals surface area contributed by atoms with Gasteiger partial charge in [-0.15, -0.1) is 0 Å². The first kappa shape index (κ1) is 22.5. The second kappa shape index (κ2) is 9.13. The van der Waals surface area contributed by atoms with Gasteiger partial charge in [0, 0.05) is 43.6 Å². The Balaban J connectivity index is 1.36. The Morgan fingerprint density at radius 2 is 1.82 bits per heavy atom. The normalized spacial score (nSPS) is 21.5. The summed E-state index contributed by atoms with van der Waals surface area (Å²) in [5, 5.41) is 2.86. The zero-order valence-corrected chi connectivity index (χ0v) is 18.8. The standard InChI is InChI=1S/C25H27FN4O4/c26-19-8-6-18(7-9-19)24(33)30-21(22(31)28-15-20-3-1-2-12-27-20)16-34-25(30)10-13-29(14-11-25)23(32)17-4-5-17/h1-3,6-9,12,17,21H,4-5,10-11,13-16H2,(H,28,31). The molecule has 1 spiro atoms. The maximum atomic E-state index is 13.6. The lowest BCUT2D eigenvalue weighted by Gasteiger charge is -2.44. The van der Waals surface area contributed by atoms with Crippen molar-refractivity contribution in [3.8, 4) is 0 Å². The fourth-order valence-electron chi connectivity index (χ4n) is 4.76. The summed E-state index contributed by atoms with van der Waals surface area (Å²) in [6.45, 7) is 1.21. The molecule has 34 heavy (non-hydrogen) atoms. The third-order valence-electron chi connectivity index (χ3n) is 6.83. The summed E-state index contributed by atoms with van der Waals surface area (Å²) in [6.07, 6.45) is 4.36. The van der Waals surface area contributed by atoms with E-state index in [4.69, 9.17) is 4.74 Å². The van der Waals surface area contributed by atoms with Gasteiger partial charge in [0.1, 0.15) is 17.6 Å². The SMILES string of the molecule is O=C(NCc1ccccn1)C1COC2(CCN(C(=O)C3CC3)CC2)N1C(=O)c1ccc(F)cc1. The zero-order valence-electron chi connectivity index (χ0n) is 18.8. The van der Waals surface area contributed by atoms with Gasteiger partial charge in [-0.05, 0) is 49.2 Å². The number of likely N-dealkylation sites (tertiary alicyclic amines) is 1. The van der Waals surface area contributed by atoms with E-state index in [-0.39, 0.29) is 36.4 Å². The van der Waals surface area contributed by atoms with Gasteiger partial charge in [0.05, 0.1) is 18.8 Å². The Kier molecular flexibility index (Phi) is 6.03. The molecule has 8 nitrogen and oxygen atoms in total. The average Bonchev–Trinajstić information content (AvgIpc) is 3.66. The molecule has 2 aliphatic heterocycles. The van der Waals surface area contributed by atoms with Crippen LogP contribution in [0.5, 0.6) is 0 Å². The third kappa shape index (κ3) is 4.40. The van der Waals surface area contributed by atoms with E-state index in [9.17, 15) is 18.8 Å². The molecule has 2 aromatic rings. The van der Waals surface area contributed by atoms with Gasteiger partial charge in [-0.2, -0.15) is 0 Å². The fourth-order valence-corrected chi connectivity index (χ4v) is 4.76. The van der Waals surface area contributed by atoms with Crippen molar-refractivity contribution in [2.24, 2.45) is 5.92 Å². The van der Waals surface area contributed by atoms with Crippen molar-refractivity contribution in [1.29, 1.82) is 0 Å². The Bertz CT molecular complexity index is 1070. The number of amides is 3. The van der Waals surface area contributed by atoms with Crippen LogP contribution in [0.1, 0.15) is 41.7 Å². The molecule has 1 atom stereocenters. The summed E-state index contributed by atoms with van der Waals surface area (Å²) < 4.78 is 19.6. The van der Waals surface area contributed by atoms with E-state index in [1.165, 1.54) is 29.2 Å². The number of hydrogen-bond acceptors (Lipinski definition) is 5.